The molecule has 0 atom stereocenters. The summed E-state index contributed by atoms with van der Waals surface area (Å²) >= 11 is 0. The molecule has 0 fully saturated rings. The smallest absolute Gasteiger partial charge is 0.140 e. The lowest BCUT2D eigenvalue weighted by molar-refractivity contribution is 0.763. The summed E-state index contributed by atoms with van der Waals surface area (Å²) in [5, 5.41) is 2.14. The molecule has 0 amide bonds. The van der Waals surface area contributed by atoms with Crippen LogP contribution in [0.15, 0.2) is 103 Å². The zero-order valence-corrected chi connectivity index (χ0v) is 15.2. The zero-order valence-electron chi connectivity index (χ0n) is 15.2. The highest BCUT2D eigenvalue weighted by molar-refractivity contribution is 6.12. The van der Waals surface area contributed by atoms with Crippen LogP contribution >= 0.6 is 0 Å². The third kappa shape index (κ3) is 2.71. The topological polar surface area (TPSA) is 15.8 Å². The molecule has 0 aliphatic heterocycles. The predicted molar refractivity (Wildman–Crippen MR) is 116 cm³/mol. The van der Waals surface area contributed by atoms with E-state index < -0.39 is 0 Å². The molecular weight excluding hydrogens is 345 g/mol. The van der Waals surface area contributed by atoms with E-state index in [2.05, 4.69) is 11.1 Å². The molecule has 0 bridgehead atoms. The molecular formula is C26H18FN. The molecule has 0 unspecified atom stereocenters. The van der Waals surface area contributed by atoms with Gasteiger partial charge in [0.05, 0.1) is 5.52 Å². The number of nitrogens with one attached hydrogen (secondary N) is 1. The molecule has 0 aliphatic rings. The van der Waals surface area contributed by atoms with E-state index >= 15 is 4.39 Å². The summed E-state index contributed by atoms with van der Waals surface area (Å²) in [6.07, 6.45) is 0. The second-order valence-electron chi connectivity index (χ2n) is 6.82. The third-order valence-electron chi connectivity index (χ3n) is 5.12. The Morgan fingerprint density at radius 2 is 1.14 bits per heavy atom. The molecule has 2 heteroatoms. The van der Waals surface area contributed by atoms with Gasteiger partial charge in [-0.25, -0.2) is 4.39 Å². The zero-order chi connectivity index (χ0) is 18.9. The van der Waals surface area contributed by atoms with E-state index in [1.165, 1.54) is 0 Å². The summed E-state index contributed by atoms with van der Waals surface area (Å²) in [6.45, 7) is 0. The van der Waals surface area contributed by atoms with E-state index in [1.54, 1.807) is 0 Å². The van der Waals surface area contributed by atoms with E-state index in [9.17, 15) is 0 Å². The first-order valence-corrected chi connectivity index (χ1v) is 9.33. The average Bonchev–Trinajstić information content (AvgIpc) is 3.14. The van der Waals surface area contributed by atoms with Gasteiger partial charge in [-0.3, -0.25) is 0 Å². The quantitative estimate of drug-likeness (QED) is 0.326. The number of benzene rings is 4. The number of H-pyrrole nitrogens is 1. The largest absolute Gasteiger partial charge is 0.354 e. The van der Waals surface area contributed by atoms with Crippen LogP contribution in [-0.4, -0.2) is 4.98 Å². The van der Waals surface area contributed by atoms with Gasteiger partial charge in [0.25, 0.3) is 0 Å². The van der Waals surface area contributed by atoms with Gasteiger partial charge in [0.1, 0.15) is 5.83 Å². The predicted octanol–water partition coefficient (Wildman–Crippen LogP) is 7.21. The molecule has 0 aliphatic carbocycles. The number of aromatic amines is 1. The molecule has 1 nitrogen and oxygen atoms in total. The fourth-order valence-corrected chi connectivity index (χ4v) is 3.82. The van der Waals surface area contributed by atoms with Crippen molar-refractivity contribution in [2.24, 2.45) is 0 Å². The Labute approximate surface area is 162 Å². The van der Waals surface area contributed by atoms with Gasteiger partial charge in [-0.15, -0.1) is 0 Å². The van der Waals surface area contributed by atoms with Crippen LogP contribution in [-0.2, 0) is 0 Å². The molecule has 4 aromatic carbocycles. The van der Waals surface area contributed by atoms with Crippen molar-refractivity contribution in [2.45, 2.75) is 0 Å². The van der Waals surface area contributed by atoms with Crippen LogP contribution in [0, 0.1) is 0 Å². The van der Waals surface area contributed by atoms with Crippen LogP contribution < -0.4 is 0 Å². The van der Waals surface area contributed by atoms with Crippen molar-refractivity contribution < 1.29 is 4.39 Å². The third-order valence-corrected chi connectivity index (χ3v) is 5.12. The van der Waals surface area contributed by atoms with Gasteiger partial charge in [-0.1, -0.05) is 91.0 Å². The molecule has 1 heterocycles. The van der Waals surface area contributed by atoms with Crippen LogP contribution in [0.1, 0.15) is 16.7 Å². The molecule has 28 heavy (non-hydrogen) atoms. The fraction of sp³-hybridized carbons (Fsp3) is 0. The maximum absolute atomic E-state index is 16.1. The summed E-state index contributed by atoms with van der Waals surface area (Å²) in [7, 11) is 0. The van der Waals surface area contributed by atoms with Gasteiger partial charge in [-0.05, 0) is 23.3 Å². The maximum Gasteiger partial charge on any atom is 0.140 e. The monoisotopic (exact) mass is 363 g/mol. The molecule has 1 aromatic heterocycles. The summed E-state index contributed by atoms with van der Waals surface area (Å²) in [4.78, 5) is 3.41. The van der Waals surface area contributed by atoms with Crippen LogP contribution in [0.25, 0.3) is 33.2 Å². The van der Waals surface area contributed by atoms with E-state index in [-0.39, 0.29) is 5.83 Å². The molecule has 0 radical (unpaired) electrons. The minimum Gasteiger partial charge on any atom is -0.354 e. The second-order valence-corrected chi connectivity index (χ2v) is 6.82. The Morgan fingerprint density at radius 1 is 0.571 bits per heavy atom. The molecule has 0 spiro atoms. The Balaban J connectivity index is 1.84. The van der Waals surface area contributed by atoms with Gasteiger partial charge in [0.2, 0.25) is 0 Å². The Morgan fingerprint density at radius 3 is 1.82 bits per heavy atom. The average molecular weight is 363 g/mol. The summed E-state index contributed by atoms with van der Waals surface area (Å²) in [6, 6.07) is 33.3. The lowest BCUT2D eigenvalue weighted by Gasteiger charge is -2.12. The standard InChI is InChI=1S/C26H18FN/c27-25(24(18-10-3-1-4-11-18)19-12-5-2-6-13-19)22-16-9-15-21-20-14-7-8-17-23(20)28-26(21)22/h1-17,28H. The Hall–Kier alpha value is -3.65. The number of fused-ring (bicyclic) bond motifs is 3. The van der Waals surface area contributed by atoms with Crippen molar-refractivity contribution in [3.63, 3.8) is 0 Å². The molecule has 5 rings (SSSR count). The second kappa shape index (κ2) is 6.82. The van der Waals surface area contributed by atoms with E-state index in [0.717, 1.165) is 32.9 Å². The number of halogens is 1. The van der Waals surface area contributed by atoms with E-state index in [4.69, 9.17) is 0 Å². The van der Waals surface area contributed by atoms with Gasteiger partial charge < -0.3 is 4.98 Å². The number of hydrogen-bond acceptors (Lipinski definition) is 0. The highest BCUT2D eigenvalue weighted by Crippen LogP contribution is 2.37. The van der Waals surface area contributed by atoms with Crippen molar-refractivity contribution in [1.29, 1.82) is 0 Å². The van der Waals surface area contributed by atoms with E-state index in [1.807, 2.05) is 97.1 Å². The number of rotatable bonds is 3. The van der Waals surface area contributed by atoms with Crippen LogP contribution in [0.5, 0.6) is 0 Å². The van der Waals surface area contributed by atoms with Crippen molar-refractivity contribution in [3.05, 3.63) is 120 Å². The number of para-hydroxylation sites is 2. The lowest BCUT2D eigenvalue weighted by Crippen LogP contribution is -1.92. The Kier molecular flexibility index (Phi) is 4.02. The summed E-state index contributed by atoms with van der Waals surface area (Å²) < 4.78 is 16.1. The molecule has 134 valence electrons. The first kappa shape index (κ1) is 16.5. The van der Waals surface area contributed by atoms with Gasteiger partial charge in [0.15, 0.2) is 0 Å². The minimum atomic E-state index is -0.227. The van der Waals surface area contributed by atoms with Crippen molar-refractivity contribution in [3.8, 4) is 0 Å². The van der Waals surface area contributed by atoms with E-state index in [0.29, 0.717) is 11.1 Å². The van der Waals surface area contributed by atoms with Crippen molar-refractivity contribution in [2.75, 3.05) is 0 Å². The lowest BCUT2D eigenvalue weighted by atomic mass is 9.94. The molecule has 0 saturated heterocycles. The summed E-state index contributed by atoms with van der Waals surface area (Å²) in [5.41, 5.74) is 4.74. The van der Waals surface area contributed by atoms with Crippen molar-refractivity contribution in [1.82, 2.24) is 4.98 Å². The highest BCUT2D eigenvalue weighted by Gasteiger charge is 2.17. The van der Waals surface area contributed by atoms with Crippen LogP contribution in [0.3, 0.4) is 0 Å². The molecule has 5 aromatic rings. The van der Waals surface area contributed by atoms with Crippen molar-refractivity contribution >= 4 is 33.2 Å². The minimum absolute atomic E-state index is 0.227. The highest BCUT2D eigenvalue weighted by atomic mass is 19.1. The van der Waals surface area contributed by atoms with Gasteiger partial charge >= 0.3 is 0 Å². The van der Waals surface area contributed by atoms with Crippen LogP contribution in [0.4, 0.5) is 4.39 Å². The van der Waals surface area contributed by atoms with Gasteiger partial charge in [0, 0.05) is 27.4 Å². The number of hydrogen-bond donors (Lipinski definition) is 1. The Bertz CT molecular complexity index is 1260. The first-order chi connectivity index (χ1) is 13.8. The van der Waals surface area contributed by atoms with Gasteiger partial charge in [-0.2, -0.15) is 0 Å². The SMILES string of the molecule is FC(=C(c1ccccc1)c1ccccc1)c1cccc2c1[nH]c1ccccc12. The molecule has 0 saturated carbocycles. The molecule has 1 N–H and O–H groups in total. The first-order valence-electron chi connectivity index (χ1n) is 9.33. The maximum atomic E-state index is 16.1. The fourth-order valence-electron chi connectivity index (χ4n) is 3.82. The normalized spacial score (nSPS) is 11.0. The van der Waals surface area contributed by atoms with Crippen LogP contribution in [0.2, 0.25) is 0 Å². The number of aromatic nitrogens is 1. The summed E-state index contributed by atoms with van der Waals surface area (Å²) in [5.74, 6) is -0.227.